The summed E-state index contributed by atoms with van der Waals surface area (Å²) in [5.41, 5.74) is 7.31. The second kappa shape index (κ2) is 9.25. The summed E-state index contributed by atoms with van der Waals surface area (Å²) in [6, 6.07) is 0. The van der Waals surface area contributed by atoms with Crippen LogP contribution in [0.25, 0.3) is 0 Å². The summed E-state index contributed by atoms with van der Waals surface area (Å²) in [5, 5.41) is 3.13. The van der Waals surface area contributed by atoms with E-state index < -0.39 is 0 Å². The van der Waals surface area contributed by atoms with Gasteiger partial charge in [0.1, 0.15) is 0 Å². The minimum absolute atomic E-state index is 0. The van der Waals surface area contributed by atoms with E-state index >= 15 is 0 Å². The Labute approximate surface area is 150 Å². The molecule has 1 saturated carbocycles. The molecule has 0 bridgehead atoms. The zero-order valence-electron chi connectivity index (χ0n) is 13.1. The summed E-state index contributed by atoms with van der Waals surface area (Å²) in [6.07, 6.45) is 5.21. The van der Waals surface area contributed by atoms with Crippen LogP contribution in [0.5, 0.6) is 0 Å². The molecule has 0 aromatic heterocycles. The summed E-state index contributed by atoms with van der Waals surface area (Å²) >= 11 is 2.07. The lowest BCUT2D eigenvalue weighted by Crippen LogP contribution is -2.53. The molecule has 1 saturated heterocycles. The molecule has 2 aliphatic rings. The Morgan fingerprint density at radius 3 is 2.52 bits per heavy atom. The van der Waals surface area contributed by atoms with Crippen molar-refractivity contribution in [2.24, 2.45) is 10.7 Å². The highest BCUT2D eigenvalue weighted by molar-refractivity contribution is 14.0. The standard InChI is InChI=1S/C15H28N4S.HI/c1-13(2)11-17-14(16)18-12-15(5-3-4-6-15)19-7-9-20-10-8-19;/h1,3-12H2,2H3,(H3,16,17,18);1H. The van der Waals surface area contributed by atoms with Crippen LogP contribution in [-0.2, 0) is 0 Å². The molecule has 2 rings (SSSR count). The number of thioether (sulfide) groups is 1. The van der Waals surface area contributed by atoms with E-state index in [1.165, 1.54) is 50.3 Å². The van der Waals surface area contributed by atoms with Gasteiger partial charge in [0, 0.05) is 36.7 Å². The zero-order chi connectivity index (χ0) is 14.4. The van der Waals surface area contributed by atoms with Crippen LogP contribution < -0.4 is 11.1 Å². The van der Waals surface area contributed by atoms with Crippen LogP contribution in [0.2, 0.25) is 0 Å². The molecule has 1 aliphatic carbocycles. The predicted octanol–water partition coefficient (Wildman–Crippen LogP) is 2.45. The molecule has 0 aromatic carbocycles. The van der Waals surface area contributed by atoms with Gasteiger partial charge in [0.25, 0.3) is 0 Å². The predicted molar refractivity (Wildman–Crippen MR) is 105 cm³/mol. The van der Waals surface area contributed by atoms with Crippen molar-refractivity contribution in [3.8, 4) is 0 Å². The first-order valence-corrected chi connectivity index (χ1v) is 8.79. The Balaban J connectivity index is 0.00000220. The van der Waals surface area contributed by atoms with Crippen molar-refractivity contribution in [3.05, 3.63) is 12.2 Å². The van der Waals surface area contributed by atoms with Crippen molar-refractivity contribution in [1.82, 2.24) is 10.2 Å². The molecule has 0 aromatic rings. The smallest absolute Gasteiger partial charge is 0.188 e. The normalized spacial score (nSPS) is 22.6. The zero-order valence-corrected chi connectivity index (χ0v) is 16.2. The molecule has 21 heavy (non-hydrogen) atoms. The van der Waals surface area contributed by atoms with Crippen LogP contribution in [0.15, 0.2) is 17.1 Å². The van der Waals surface area contributed by atoms with Gasteiger partial charge in [-0.05, 0) is 19.8 Å². The molecule has 0 amide bonds. The van der Waals surface area contributed by atoms with Gasteiger partial charge in [0.15, 0.2) is 5.96 Å². The average molecular weight is 424 g/mol. The molecule has 0 radical (unpaired) electrons. The summed E-state index contributed by atoms with van der Waals surface area (Å²) in [5.74, 6) is 3.08. The van der Waals surface area contributed by atoms with Crippen LogP contribution in [0, 0.1) is 0 Å². The number of guanidine groups is 1. The van der Waals surface area contributed by atoms with E-state index in [1.807, 2.05) is 6.92 Å². The molecule has 4 nitrogen and oxygen atoms in total. The lowest BCUT2D eigenvalue weighted by molar-refractivity contribution is 0.112. The van der Waals surface area contributed by atoms with Crippen molar-refractivity contribution >= 4 is 41.7 Å². The quantitative estimate of drug-likeness (QED) is 0.308. The highest BCUT2D eigenvalue weighted by Crippen LogP contribution is 2.36. The molecule has 1 heterocycles. The van der Waals surface area contributed by atoms with Gasteiger partial charge in [-0.15, -0.1) is 24.0 Å². The van der Waals surface area contributed by atoms with Crippen molar-refractivity contribution in [2.45, 2.75) is 38.1 Å². The second-order valence-electron chi connectivity index (χ2n) is 6.04. The molecule has 0 unspecified atom stereocenters. The lowest BCUT2D eigenvalue weighted by atomic mass is 9.95. The molecule has 2 fully saturated rings. The van der Waals surface area contributed by atoms with E-state index in [0.717, 1.165) is 12.1 Å². The van der Waals surface area contributed by atoms with E-state index in [1.54, 1.807) is 0 Å². The van der Waals surface area contributed by atoms with Crippen LogP contribution in [-0.4, -0.2) is 54.1 Å². The van der Waals surface area contributed by atoms with Crippen LogP contribution in [0.3, 0.4) is 0 Å². The maximum atomic E-state index is 5.96. The fourth-order valence-corrected chi connectivity index (χ4v) is 4.08. The van der Waals surface area contributed by atoms with E-state index in [4.69, 9.17) is 5.73 Å². The number of rotatable bonds is 5. The first-order valence-electron chi connectivity index (χ1n) is 7.63. The molecule has 122 valence electrons. The number of aliphatic imine (C=N–C) groups is 1. The van der Waals surface area contributed by atoms with Crippen molar-refractivity contribution in [3.63, 3.8) is 0 Å². The number of hydrogen-bond donors (Lipinski definition) is 2. The minimum Gasteiger partial charge on any atom is -0.370 e. The highest BCUT2D eigenvalue weighted by atomic mass is 127. The van der Waals surface area contributed by atoms with Gasteiger partial charge in [-0.2, -0.15) is 11.8 Å². The number of nitrogens with two attached hydrogens (primary N) is 1. The molecular formula is C15H29IN4S. The van der Waals surface area contributed by atoms with Gasteiger partial charge in [-0.3, -0.25) is 9.89 Å². The van der Waals surface area contributed by atoms with Gasteiger partial charge < -0.3 is 11.1 Å². The Bertz CT molecular complexity index is 361. The second-order valence-corrected chi connectivity index (χ2v) is 7.27. The Morgan fingerprint density at radius 1 is 1.33 bits per heavy atom. The SMILES string of the molecule is C=C(C)CNC(N)=NCC1(N2CCSCC2)CCCC1.I. The van der Waals surface area contributed by atoms with Gasteiger partial charge in [0.2, 0.25) is 0 Å². The maximum absolute atomic E-state index is 5.96. The minimum atomic E-state index is 0. The van der Waals surface area contributed by atoms with Crippen molar-refractivity contribution in [1.29, 1.82) is 0 Å². The molecular weight excluding hydrogens is 395 g/mol. The Kier molecular flexibility index (Phi) is 8.41. The van der Waals surface area contributed by atoms with E-state index in [9.17, 15) is 0 Å². The molecule has 0 atom stereocenters. The van der Waals surface area contributed by atoms with Gasteiger partial charge in [-0.25, -0.2) is 0 Å². The molecule has 1 aliphatic heterocycles. The maximum Gasteiger partial charge on any atom is 0.188 e. The third-order valence-corrected chi connectivity index (χ3v) is 5.27. The summed E-state index contributed by atoms with van der Waals surface area (Å²) in [6.45, 7) is 9.82. The van der Waals surface area contributed by atoms with E-state index in [2.05, 4.69) is 33.5 Å². The summed E-state index contributed by atoms with van der Waals surface area (Å²) in [4.78, 5) is 7.29. The molecule has 0 spiro atoms. The number of hydrogen-bond acceptors (Lipinski definition) is 3. The highest BCUT2D eigenvalue weighted by Gasteiger charge is 2.39. The molecule has 6 heteroatoms. The third kappa shape index (κ3) is 5.63. The number of halogens is 1. The van der Waals surface area contributed by atoms with Gasteiger partial charge >= 0.3 is 0 Å². The topological polar surface area (TPSA) is 53.6 Å². The van der Waals surface area contributed by atoms with Crippen LogP contribution in [0.1, 0.15) is 32.6 Å². The van der Waals surface area contributed by atoms with Crippen molar-refractivity contribution in [2.75, 3.05) is 37.7 Å². The Morgan fingerprint density at radius 2 is 1.95 bits per heavy atom. The fraction of sp³-hybridized carbons (Fsp3) is 0.800. The van der Waals surface area contributed by atoms with Crippen LogP contribution in [0.4, 0.5) is 0 Å². The first kappa shape index (κ1) is 19.1. The third-order valence-electron chi connectivity index (χ3n) is 4.33. The van der Waals surface area contributed by atoms with E-state index in [0.29, 0.717) is 12.5 Å². The summed E-state index contributed by atoms with van der Waals surface area (Å²) < 4.78 is 0. The monoisotopic (exact) mass is 424 g/mol. The largest absolute Gasteiger partial charge is 0.370 e. The first-order chi connectivity index (χ1) is 9.62. The Hall–Kier alpha value is 0.0500. The lowest BCUT2D eigenvalue weighted by Gasteiger charge is -2.42. The van der Waals surface area contributed by atoms with E-state index in [-0.39, 0.29) is 29.5 Å². The van der Waals surface area contributed by atoms with Crippen LogP contribution >= 0.6 is 35.7 Å². The number of nitrogens with zero attached hydrogens (tertiary/aromatic N) is 2. The fourth-order valence-electron chi connectivity index (χ4n) is 3.17. The van der Waals surface area contributed by atoms with Gasteiger partial charge in [0.05, 0.1) is 6.54 Å². The van der Waals surface area contributed by atoms with Gasteiger partial charge in [-0.1, -0.05) is 25.0 Å². The summed E-state index contributed by atoms with van der Waals surface area (Å²) in [7, 11) is 0. The number of nitrogens with one attached hydrogen (secondary N) is 1. The van der Waals surface area contributed by atoms with Crippen molar-refractivity contribution < 1.29 is 0 Å². The average Bonchev–Trinajstić information content (AvgIpc) is 2.94. The molecule has 3 N–H and O–H groups in total.